The highest BCUT2D eigenvalue weighted by Crippen LogP contribution is 2.20. The van der Waals surface area contributed by atoms with E-state index in [0.29, 0.717) is 13.1 Å². The summed E-state index contributed by atoms with van der Waals surface area (Å²) >= 11 is 7.40. The first kappa shape index (κ1) is 13.3. The minimum Gasteiger partial charge on any atom is -0.310 e. The Morgan fingerprint density at radius 3 is 2.94 bits per heavy atom. The highest BCUT2D eigenvalue weighted by Gasteiger charge is 1.99. The molecular formula is C12H14ClN3OS. The van der Waals surface area contributed by atoms with E-state index >= 15 is 0 Å². The van der Waals surface area contributed by atoms with E-state index in [1.54, 1.807) is 23.5 Å². The van der Waals surface area contributed by atoms with Crippen molar-refractivity contribution in [1.29, 1.82) is 0 Å². The molecule has 18 heavy (non-hydrogen) atoms. The first-order chi connectivity index (χ1) is 8.65. The van der Waals surface area contributed by atoms with Gasteiger partial charge in [-0.25, -0.2) is 4.68 Å². The van der Waals surface area contributed by atoms with Gasteiger partial charge >= 0.3 is 0 Å². The third-order valence-electron chi connectivity index (χ3n) is 2.43. The molecule has 0 atom stereocenters. The molecule has 0 fully saturated rings. The maximum Gasteiger partial charge on any atom is 0.266 e. The molecule has 6 heteroatoms. The van der Waals surface area contributed by atoms with Gasteiger partial charge in [0, 0.05) is 24.0 Å². The fourth-order valence-corrected chi connectivity index (χ4v) is 2.61. The van der Waals surface area contributed by atoms with Crippen LogP contribution in [-0.2, 0) is 13.1 Å². The Balaban J connectivity index is 1.82. The Hall–Kier alpha value is -1.17. The quantitative estimate of drug-likeness (QED) is 0.855. The fourth-order valence-electron chi connectivity index (χ4n) is 1.55. The fraction of sp³-hybridized carbons (Fsp3) is 0.333. The first-order valence-corrected chi connectivity index (χ1v) is 6.84. The number of hydrogen-bond acceptors (Lipinski definition) is 4. The molecule has 0 aromatic carbocycles. The van der Waals surface area contributed by atoms with Gasteiger partial charge in [0.25, 0.3) is 5.56 Å². The lowest BCUT2D eigenvalue weighted by molar-refractivity contribution is 0.528. The van der Waals surface area contributed by atoms with Gasteiger partial charge in [-0.1, -0.05) is 11.6 Å². The monoisotopic (exact) mass is 283 g/mol. The SMILES string of the molecule is Cc1ccc(=O)n(CCNCc2ccc(Cl)s2)n1. The maximum atomic E-state index is 11.5. The number of thiophene rings is 1. The van der Waals surface area contributed by atoms with Crippen molar-refractivity contribution in [1.82, 2.24) is 15.1 Å². The predicted molar refractivity (Wildman–Crippen MR) is 74.3 cm³/mol. The van der Waals surface area contributed by atoms with E-state index in [9.17, 15) is 4.79 Å². The lowest BCUT2D eigenvalue weighted by Gasteiger charge is -2.06. The van der Waals surface area contributed by atoms with Gasteiger partial charge in [-0.05, 0) is 25.1 Å². The highest BCUT2D eigenvalue weighted by atomic mass is 35.5. The summed E-state index contributed by atoms with van der Waals surface area (Å²) in [5.74, 6) is 0. The van der Waals surface area contributed by atoms with Crippen LogP contribution < -0.4 is 10.9 Å². The minimum absolute atomic E-state index is 0.0680. The summed E-state index contributed by atoms with van der Waals surface area (Å²) in [5, 5.41) is 7.43. The third kappa shape index (κ3) is 3.66. The van der Waals surface area contributed by atoms with E-state index in [1.807, 2.05) is 19.1 Å². The van der Waals surface area contributed by atoms with Crippen molar-refractivity contribution in [2.75, 3.05) is 6.54 Å². The Kier molecular flexibility index (Phi) is 4.52. The molecule has 0 saturated heterocycles. The summed E-state index contributed by atoms with van der Waals surface area (Å²) in [4.78, 5) is 12.7. The van der Waals surface area contributed by atoms with Gasteiger partial charge in [0.1, 0.15) is 0 Å². The van der Waals surface area contributed by atoms with Crippen LogP contribution in [0.4, 0.5) is 0 Å². The summed E-state index contributed by atoms with van der Waals surface area (Å²) in [7, 11) is 0. The summed E-state index contributed by atoms with van der Waals surface area (Å²) in [6.45, 7) is 3.90. The topological polar surface area (TPSA) is 46.9 Å². The van der Waals surface area contributed by atoms with Gasteiger partial charge in [0.05, 0.1) is 16.6 Å². The molecule has 4 nitrogen and oxygen atoms in total. The zero-order valence-corrected chi connectivity index (χ0v) is 11.6. The van der Waals surface area contributed by atoms with E-state index in [2.05, 4.69) is 10.4 Å². The molecule has 0 saturated carbocycles. The first-order valence-electron chi connectivity index (χ1n) is 5.65. The zero-order chi connectivity index (χ0) is 13.0. The van der Waals surface area contributed by atoms with Crippen molar-refractivity contribution in [2.45, 2.75) is 20.0 Å². The van der Waals surface area contributed by atoms with Crippen molar-refractivity contribution in [2.24, 2.45) is 0 Å². The molecule has 2 rings (SSSR count). The average Bonchev–Trinajstić information content (AvgIpc) is 2.75. The zero-order valence-electron chi connectivity index (χ0n) is 10.0. The minimum atomic E-state index is -0.0680. The van der Waals surface area contributed by atoms with E-state index in [-0.39, 0.29) is 5.56 Å². The van der Waals surface area contributed by atoms with Crippen LogP contribution in [0, 0.1) is 6.92 Å². The van der Waals surface area contributed by atoms with Crippen LogP contribution in [0.2, 0.25) is 4.34 Å². The van der Waals surface area contributed by atoms with Gasteiger partial charge in [-0.15, -0.1) is 11.3 Å². The molecule has 0 aliphatic rings. The second kappa shape index (κ2) is 6.13. The van der Waals surface area contributed by atoms with Crippen LogP contribution >= 0.6 is 22.9 Å². The molecule has 0 spiro atoms. The van der Waals surface area contributed by atoms with Crippen LogP contribution in [0.5, 0.6) is 0 Å². The lowest BCUT2D eigenvalue weighted by Crippen LogP contribution is -2.28. The largest absolute Gasteiger partial charge is 0.310 e. The molecular weight excluding hydrogens is 270 g/mol. The molecule has 0 aliphatic carbocycles. The van der Waals surface area contributed by atoms with Gasteiger partial charge in [-0.3, -0.25) is 4.79 Å². The van der Waals surface area contributed by atoms with Crippen LogP contribution in [-0.4, -0.2) is 16.3 Å². The van der Waals surface area contributed by atoms with Crippen LogP contribution in [0.1, 0.15) is 10.6 Å². The van der Waals surface area contributed by atoms with E-state index in [0.717, 1.165) is 16.6 Å². The van der Waals surface area contributed by atoms with Crippen LogP contribution in [0.15, 0.2) is 29.1 Å². The molecule has 2 aromatic heterocycles. The third-order valence-corrected chi connectivity index (χ3v) is 3.66. The summed E-state index contributed by atoms with van der Waals surface area (Å²) in [6.07, 6.45) is 0. The predicted octanol–water partition coefficient (Wildman–Crippen LogP) is 2.06. The Bertz CT molecular complexity index is 579. The van der Waals surface area contributed by atoms with Crippen molar-refractivity contribution < 1.29 is 0 Å². The van der Waals surface area contributed by atoms with E-state index in [1.165, 1.54) is 9.56 Å². The second-order valence-electron chi connectivity index (χ2n) is 3.92. The number of rotatable bonds is 5. The number of hydrogen-bond donors (Lipinski definition) is 1. The van der Waals surface area contributed by atoms with Crippen molar-refractivity contribution in [3.05, 3.63) is 49.5 Å². The molecule has 0 unspecified atom stereocenters. The van der Waals surface area contributed by atoms with Gasteiger partial charge < -0.3 is 5.32 Å². The second-order valence-corrected chi connectivity index (χ2v) is 5.72. The molecule has 1 N–H and O–H groups in total. The van der Waals surface area contributed by atoms with Gasteiger partial charge in [-0.2, -0.15) is 5.10 Å². The standard InChI is InChI=1S/C12H14ClN3OS/c1-9-2-5-12(17)16(15-9)7-6-14-8-10-3-4-11(13)18-10/h2-5,14H,6-8H2,1H3. The number of aryl methyl sites for hydroxylation is 1. The summed E-state index contributed by atoms with van der Waals surface area (Å²) in [6, 6.07) is 7.15. The molecule has 2 aromatic rings. The normalized spacial score (nSPS) is 10.8. The highest BCUT2D eigenvalue weighted by molar-refractivity contribution is 7.16. The molecule has 0 radical (unpaired) electrons. The van der Waals surface area contributed by atoms with Crippen LogP contribution in [0.25, 0.3) is 0 Å². The Morgan fingerprint density at radius 1 is 1.39 bits per heavy atom. The molecule has 96 valence electrons. The smallest absolute Gasteiger partial charge is 0.266 e. The Morgan fingerprint density at radius 2 is 2.22 bits per heavy atom. The molecule has 0 aliphatic heterocycles. The van der Waals surface area contributed by atoms with E-state index < -0.39 is 0 Å². The number of halogens is 1. The van der Waals surface area contributed by atoms with Crippen molar-refractivity contribution in [3.63, 3.8) is 0 Å². The summed E-state index contributed by atoms with van der Waals surface area (Å²) in [5.41, 5.74) is 0.779. The number of nitrogens with zero attached hydrogens (tertiary/aromatic N) is 2. The van der Waals surface area contributed by atoms with Crippen molar-refractivity contribution >= 4 is 22.9 Å². The molecule has 0 bridgehead atoms. The summed E-state index contributed by atoms with van der Waals surface area (Å²) < 4.78 is 2.27. The maximum absolute atomic E-state index is 11.5. The van der Waals surface area contributed by atoms with E-state index in [4.69, 9.17) is 11.6 Å². The molecule has 2 heterocycles. The Labute approximate surface area is 114 Å². The number of nitrogens with one attached hydrogen (secondary N) is 1. The average molecular weight is 284 g/mol. The number of aromatic nitrogens is 2. The van der Waals surface area contributed by atoms with Gasteiger partial charge in [0.15, 0.2) is 0 Å². The lowest BCUT2D eigenvalue weighted by atomic mass is 10.4. The molecule has 0 amide bonds. The van der Waals surface area contributed by atoms with Crippen LogP contribution in [0.3, 0.4) is 0 Å². The van der Waals surface area contributed by atoms with Crippen molar-refractivity contribution in [3.8, 4) is 0 Å². The van der Waals surface area contributed by atoms with Gasteiger partial charge in [0.2, 0.25) is 0 Å².